The van der Waals surface area contributed by atoms with E-state index in [0.717, 1.165) is 29.2 Å². The molecule has 2 aromatic carbocycles. The Morgan fingerprint density at radius 3 is 2.34 bits per heavy atom. The maximum Gasteiger partial charge on any atom is 0.152 e. The highest BCUT2D eigenvalue weighted by Crippen LogP contribution is 2.29. The Balaban J connectivity index is 2.30. The van der Waals surface area contributed by atoms with Gasteiger partial charge in [-0.25, -0.2) is 4.21 Å². The first-order valence-electron chi connectivity index (χ1n) is 9.66. The van der Waals surface area contributed by atoms with Gasteiger partial charge in [-0.3, -0.25) is 8.51 Å². The van der Waals surface area contributed by atoms with Gasteiger partial charge in [-0.1, -0.05) is 31.5 Å². The van der Waals surface area contributed by atoms with Gasteiger partial charge in [0, 0.05) is 27.8 Å². The summed E-state index contributed by atoms with van der Waals surface area (Å²) in [7, 11) is -2.51. The van der Waals surface area contributed by atoms with Gasteiger partial charge < -0.3 is 5.11 Å². The molecular formula is C21H28ClNO3S3. The zero-order valence-electron chi connectivity index (χ0n) is 16.8. The van der Waals surface area contributed by atoms with Gasteiger partial charge in [0.1, 0.15) is 0 Å². The van der Waals surface area contributed by atoms with Crippen LogP contribution in [0.25, 0.3) is 0 Å². The number of rotatable bonds is 12. The van der Waals surface area contributed by atoms with Gasteiger partial charge >= 0.3 is 0 Å². The van der Waals surface area contributed by atoms with Crippen LogP contribution in [0.5, 0.6) is 0 Å². The van der Waals surface area contributed by atoms with Crippen molar-refractivity contribution in [2.24, 2.45) is 0 Å². The van der Waals surface area contributed by atoms with Gasteiger partial charge in [-0.15, -0.1) is 0 Å². The van der Waals surface area contributed by atoms with Crippen LogP contribution in [0.2, 0.25) is 5.02 Å². The molecule has 0 fully saturated rings. The minimum atomic E-state index is -1.47. The van der Waals surface area contributed by atoms with Crippen molar-refractivity contribution in [1.29, 1.82) is 0 Å². The fourth-order valence-electron chi connectivity index (χ4n) is 2.80. The van der Waals surface area contributed by atoms with Crippen LogP contribution in [0.4, 0.5) is 5.69 Å². The summed E-state index contributed by atoms with van der Waals surface area (Å²) in [5.74, 6) is 2.70. The van der Waals surface area contributed by atoms with E-state index in [4.69, 9.17) is 11.6 Å². The highest BCUT2D eigenvalue weighted by atomic mass is 35.5. The molecule has 2 unspecified atom stereocenters. The Kier molecular flexibility index (Phi) is 10.7. The minimum Gasteiger partial charge on any atom is -0.392 e. The molecular weight excluding hydrogens is 446 g/mol. The highest BCUT2D eigenvalue weighted by Gasteiger charge is 2.19. The van der Waals surface area contributed by atoms with Crippen molar-refractivity contribution in [2.75, 3.05) is 28.1 Å². The summed E-state index contributed by atoms with van der Waals surface area (Å²) in [5, 5.41) is 10.3. The lowest BCUT2D eigenvalue weighted by atomic mass is 10.2. The molecule has 4 nitrogen and oxygen atoms in total. The molecule has 0 aromatic heterocycles. The zero-order valence-corrected chi connectivity index (χ0v) is 20.0. The average Bonchev–Trinajstić information content (AvgIpc) is 2.75. The van der Waals surface area contributed by atoms with Crippen molar-refractivity contribution in [3.63, 3.8) is 0 Å². The normalized spacial score (nSPS) is 13.2. The second-order valence-corrected chi connectivity index (χ2v) is 11.3. The average molecular weight is 474 g/mol. The van der Waals surface area contributed by atoms with Crippen LogP contribution in [0, 0.1) is 0 Å². The number of hydrogen-bond acceptors (Lipinski definition) is 4. The van der Waals surface area contributed by atoms with E-state index in [1.807, 2.05) is 18.7 Å². The van der Waals surface area contributed by atoms with Gasteiger partial charge in [-0.05, 0) is 60.7 Å². The summed E-state index contributed by atoms with van der Waals surface area (Å²) in [5.41, 5.74) is 1.37. The molecule has 0 saturated carbocycles. The Hall–Kier alpha value is -0.860. The summed E-state index contributed by atoms with van der Waals surface area (Å²) >= 11 is 8.09. The lowest BCUT2D eigenvalue weighted by Gasteiger charge is -2.26. The van der Waals surface area contributed by atoms with Crippen molar-refractivity contribution in [3.8, 4) is 0 Å². The number of anilines is 1. The molecule has 8 heteroatoms. The largest absolute Gasteiger partial charge is 0.392 e. The molecule has 2 aromatic rings. The molecule has 0 spiro atoms. The molecule has 0 heterocycles. The summed E-state index contributed by atoms with van der Waals surface area (Å²) in [6.07, 6.45) is 1.91. The number of nitrogens with zero attached hydrogens (tertiary/aromatic N) is 1. The molecule has 0 bridgehead atoms. The summed E-state index contributed by atoms with van der Waals surface area (Å²) in [6, 6.07) is 12.3. The number of hydrogen-bond donors (Lipinski definition) is 1. The lowest BCUT2D eigenvalue weighted by molar-refractivity contribution is 0.282. The van der Waals surface area contributed by atoms with Gasteiger partial charge in [0.05, 0.1) is 28.0 Å². The summed E-state index contributed by atoms with van der Waals surface area (Å²) in [4.78, 5) is 1.36. The number of unbranched alkanes of at least 4 members (excludes halogenated alkanes) is 1. The van der Waals surface area contributed by atoms with Crippen molar-refractivity contribution in [2.45, 2.75) is 43.1 Å². The second-order valence-electron chi connectivity index (χ2n) is 6.29. The van der Waals surface area contributed by atoms with Crippen LogP contribution < -0.4 is 4.31 Å². The number of benzene rings is 2. The van der Waals surface area contributed by atoms with E-state index >= 15 is 0 Å². The first kappa shape index (κ1) is 24.4. The first-order chi connectivity index (χ1) is 14.0. The molecule has 160 valence electrons. The smallest absolute Gasteiger partial charge is 0.152 e. The van der Waals surface area contributed by atoms with E-state index in [-0.39, 0.29) is 6.61 Å². The quantitative estimate of drug-likeness (QED) is 0.439. The highest BCUT2D eigenvalue weighted by molar-refractivity contribution is 7.99. The Bertz CT molecular complexity index is 830. The van der Waals surface area contributed by atoms with E-state index < -0.39 is 21.8 Å². The topological polar surface area (TPSA) is 57.6 Å². The van der Waals surface area contributed by atoms with Crippen LogP contribution in [0.1, 0.15) is 32.3 Å². The molecule has 29 heavy (non-hydrogen) atoms. The second kappa shape index (κ2) is 12.7. The zero-order chi connectivity index (χ0) is 21.2. The molecule has 2 atom stereocenters. The van der Waals surface area contributed by atoms with Gasteiger partial charge in [0.15, 0.2) is 11.0 Å². The van der Waals surface area contributed by atoms with E-state index in [0.29, 0.717) is 33.5 Å². The van der Waals surface area contributed by atoms with Crippen molar-refractivity contribution < 1.29 is 13.5 Å². The molecule has 0 aliphatic carbocycles. The standard InChI is InChI=1S/C21H28ClNO3S3/c1-3-27-14-6-5-13-23(21-15-18(22)8-7-17(21)16-24)29(26)20-11-9-19(10-12-20)28(25)4-2/h7-12,15,24H,3-6,13-14,16H2,1-2H3. The molecule has 0 saturated heterocycles. The minimum absolute atomic E-state index is 0.152. The molecule has 0 amide bonds. The maximum atomic E-state index is 13.4. The van der Waals surface area contributed by atoms with E-state index in [1.54, 1.807) is 46.8 Å². The van der Waals surface area contributed by atoms with Crippen LogP contribution in [-0.4, -0.2) is 37.3 Å². The lowest BCUT2D eigenvalue weighted by Crippen LogP contribution is -2.28. The van der Waals surface area contributed by atoms with Crippen molar-refractivity contribution in [3.05, 3.63) is 53.1 Å². The number of halogens is 1. The van der Waals surface area contributed by atoms with Crippen LogP contribution in [0.3, 0.4) is 0 Å². The first-order valence-corrected chi connectivity index (χ1v) is 13.6. The molecule has 2 rings (SSSR count). The summed E-state index contributed by atoms with van der Waals surface area (Å²) < 4.78 is 27.2. The molecule has 0 aliphatic rings. The third-order valence-electron chi connectivity index (χ3n) is 4.34. The van der Waals surface area contributed by atoms with Crippen LogP contribution in [0.15, 0.2) is 52.3 Å². The fraction of sp³-hybridized carbons (Fsp3) is 0.429. The molecule has 0 aliphatic heterocycles. The molecule has 0 radical (unpaired) electrons. The Morgan fingerprint density at radius 2 is 1.72 bits per heavy atom. The maximum absolute atomic E-state index is 13.4. The molecule has 1 N–H and O–H groups in total. The van der Waals surface area contributed by atoms with Crippen LogP contribution in [-0.2, 0) is 28.4 Å². The predicted molar refractivity (Wildman–Crippen MR) is 127 cm³/mol. The van der Waals surface area contributed by atoms with E-state index in [2.05, 4.69) is 6.92 Å². The van der Waals surface area contributed by atoms with Crippen molar-refractivity contribution in [1.82, 2.24) is 0 Å². The van der Waals surface area contributed by atoms with Crippen LogP contribution >= 0.6 is 23.4 Å². The van der Waals surface area contributed by atoms with Gasteiger partial charge in [0.25, 0.3) is 0 Å². The monoisotopic (exact) mass is 473 g/mol. The third-order valence-corrected chi connectivity index (χ3v) is 8.34. The van der Waals surface area contributed by atoms with E-state index in [1.165, 1.54) is 0 Å². The van der Waals surface area contributed by atoms with Gasteiger partial charge in [-0.2, -0.15) is 11.8 Å². The number of aliphatic hydroxyl groups excluding tert-OH is 1. The third kappa shape index (κ3) is 7.10. The Morgan fingerprint density at radius 1 is 1.03 bits per heavy atom. The van der Waals surface area contributed by atoms with Crippen molar-refractivity contribution >= 4 is 50.8 Å². The fourth-order valence-corrected chi connectivity index (χ4v) is 5.70. The number of thioether (sulfide) groups is 1. The van der Waals surface area contributed by atoms with E-state index in [9.17, 15) is 13.5 Å². The summed E-state index contributed by atoms with van der Waals surface area (Å²) in [6.45, 7) is 4.45. The van der Waals surface area contributed by atoms with Gasteiger partial charge in [0.2, 0.25) is 0 Å². The Labute approximate surface area is 188 Å². The predicted octanol–water partition coefficient (Wildman–Crippen LogP) is 5.02. The SMILES string of the molecule is CCSCCCCN(c1cc(Cl)ccc1CO)S(=O)c1ccc(S(=O)CC)cc1. The number of aliphatic hydroxyl groups is 1.